The molecular formula is C21H33N3O4. The average molecular weight is 392 g/mol. The molecule has 1 fully saturated rings. The van der Waals surface area contributed by atoms with Crippen LogP contribution in [-0.4, -0.2) is 61.2 Å². The van der Waals surface area contributed by atoms with Gasteiger partial charge in [-0.25, -0.2) is 0 Å². The molecule has 1 saturated heterocycles. The van der Waals surface area contributed by atoms with E-state index >= 15 is 0 Å². The summed E-state index contributed by atoms with van der Waals surface area (Å²) in [6.45, 7) is 7.79. The third-order valence-corrected chi connectivity index (χ3v) is 5.04. The molecule has 1 heterocycles. The molecule has 1 aromatic carbocycles. The number of hydrogen-bond acceptors (Lipinski definition) is 5. The van der Waals surface area contributed by atoms with Gasteiger partial charge in [0.05, 0.1) is 13.2 Å². The molecule has 0 aromatic heterocycles. The Morgan fingerprint density at radius 2 is 1.86 bits per heavy atom. The zero-order chi connectivity index (χ0) is 20.4. The molecular weight excluding hydrogens is 358 g/mol. The minimum Gasteiger partial charge on any atom is -0.379 e. The number of nitrogens with zero attached hydrogens (tertiary/aromatic N) is 1. The van der Waals surface area contributed by atoms with Crippen LogP contribution in [0.3, 0.4) is 0 Å². The lowest BCUT2D eigenvalue weighted by Crippen LogP contribution is -2.52. The minimum atomic E-state index is -1.53. The molecule has 1 aliphatic heterocycles. The van der Waals surface area contributed by atoms with Crippen LogP contribution in [-0.2, 0) is 20.1 Å². The molecule has 1 aromatic rings. The van der Waals surface area contributed by atoms with Gasteiger partial charge in [0, 0.05) is 38.2 Å². The number of hydrogen-bond donors (Lipinski definition) is 3. The number of amides is 2. The third kappa shape index (κ3) is 6.29. The zero-order valence-corrected chi connectivity index (χ0v) is 16.9. The average Bonchev–Trinajstić information content (AvgIpc) is 2.72. The highest BCUT2D eigenvalue weighted by molar-refractivity contribution is 6.00. The molecule has 2 amide bonds. The first-order valence-corrected chi connectivity index (χ1v) is 10.2. The maximum atomic E-state index is 12.9. The van der Waals surface area contributed by atoms with E-state index in [1.54, 1.807) is 12.1 Å². The van der Waals surface area contributed by atoms with Gasteiger partial charge in [-0.2, -0.15) is 0 Å². The second-order valence-corrected chi connectivity index (χ2v) is 7.16. The fraction of sp³-hybridized carbons (Fsp3) is 0.619. The fourth-order valence-electron chi connectivity index (χ4n) is 3.40. The van der Waals surface area contributed by atoms with Crippen LogP contribution in [0.5, 0.6) is 0 Å². The Labute approximate surface area is 167 Å². The minimum absolute atomic E-state index is 0.301. The monoisotopic (exact) mass is 391 g/mol. The Morgan fingerprint density at radius 1 is 1.18 bits per heavy atom. The Hall–Kier alpha value is -1.96. The molecule has 1 aliphatic rings. The van der Waals surface area contributed by atoms with Crippen molar-refractivity contribution in [2.45, 2.75) is 38.8 Å². The predicted octanol–water partition coefficient (Wildman–Crippen LogP) is 1.22. The second kappa shape index (κ2) is 11.1. The van der Waals surface area contributed by atoms with Crippen LogP contribution in [0.2, 0.25) is 0 Å². The van der Waals surface area contributed by atoms with Gasteiger partial charge in [-0.3, -0.25) is 14.5 Å². The van der Waals surface area contributed by atoms with Crippen LogP contribution in [0.1, 0.15) is 38.7 Å². The van der Waals surface area contributed by atoms with Crippen LogP contribution >= 0.6 is 0 Å². The van der Waals surface area contributed by atoms with Crippen LogP contribution < -0.4 is 10.6 Å². The molecule has 0 bridgehead atoms. The van der Waals surface area contributed by atoms with E-state index < -0.39 is 17.6 Å². The number of nitrogens with one attached hydrogen (secondary N) is 2. The molecule has 156 valence electrons. The van der Waals surface area contributed by atoms with Crippen molar-refractivity contribution in [2.24, 2.45) is 5.92 Å². The van der Waals surface area contributed by atoms with Gasteiger partial charge in [-0.15, -0.1) is 0 Å². The Balaban J connectivity index is 2.15. The number of aliphatic hydroxyl groups is 1. The quantitative estimate of drug-likeness (QED) is 0.412. The van der Waals surface area contributed by atoms with Crippen molar-refractivity contribution in [1.29, 1.82) is 0 Å². The molecule has 2 rings (SSSR count). The van der Waals surface area contributed by atoms with Crippen LogP contribution in [0.15, 0.2) is 30.3 Å². The number of carbonyl (C=O) groups is 2. The third-order valence-electron chi connectivity index (χ3n) is 5.04. The first kappa shape index (κ1) is 22.3. The maximum Gasteiger partial charge on any atom is 0.235 e. The van der Waals surface area contributed by atoms with Crippen LogP contribution in [0.25, 0.3) is 0 Å². The Bertz CT molecular complexity index is 619. The van der Waals surface area contributed by atoms with Crippen molar-refractivity contribution < 1.29 is 19.4 Å². The highest BCUT2D eigenvalue weighted by Gasteiger charge is 2.36. The maximum absolute atomic E-state index is 12.9. The summed E-state index contributed by atoms with van der Waals surface area (Å²) in [6.07, 6.45) is 1.47. The van der Waals surface area contributed by atoms with Gasteiger partial charge < -0.3 is 20.5 Å². The van der Waals surface area contributed by atoms with E-state index in [4.69, 9.17) is 4.74 Å². The highest BCUT2D eigenvalue weighted by atomic mass is 16.5. The fourth-order valence-corrected chi connectivity index (χ4v) is 3.40. The summed E-state index contributed by atoms with van der Waals surface area (Å²) in [5.41, 5.74) is -0.919. The molecule has 7 heteroatoms. The van der Waals surface area contributed by atoms with Gasteiger partial charge in [0.1, 0.15) is 5.92 Å². The van der Waals surface area contributed by atoms with Gasteiger partial charge in [0.25, 0.3) is 0 Å². The van der Waals surface area contributed by atoms with Gasteiger partial charge in [0.2, 0.25) is 11.8 Å². The van der Waals surface area contributed by atoms with Crippen molar-refractivity contribution >= 4 is 11.8 Å². The normalized spacial score (nSPS) is 18.1. The molecule has 0 spiro atoms. The van der Waals surface area contributed by atoms with E-state index in [1.807, 2.05) is 32.0 Å². The molecule has 3 N–H and O–H groups in total. The van der Waals surface area contributed by atoms with E-state index in [2.05, 4.69) is 15.5 Å². The van der Waals surface area contributed by atoms with Crippen molar-refractivity contribution in [2.75, 3.05) is 39.4 Å². The molecule has 0 radical (unpaired) electrons. The van der Waals surface area contributed by atoms with E-state index in [9.17, 15) is 14.7 Å². The molecule has 0 unspecified atom stereocenters. The topological polar surface area (TPSA) is 90.9 Å². The summed E-state index contributed by atoms with van der Waals surface area (Å²) in [6, 6.07) is 9.10. The summed E-state index contributed by atoms with van der Waals surface area (Å²) in [5.74, 6) is -1.56. The van der Waals surface area contributed by atoms with Crippen molar-refractivity contribution in [3.63, 3.8) is 0 Å². The molecule has 28 heavy (non-hydrogen) atoms. The van der Waals surface area contributed by atoms with E-state index in [0.29, 0.717) is 51.1 Å². The zero-order valence-electron chi connectivity index (χ0n) is 16.9. The van der Waals surface area contributed by atoms with Crippen LogP contribution in [0, 0.1) is 5.92 Å². The Morgan fingerprint density at radius 3 is 2.46 bits per heavy atom. The number of carbonyl (C=O) groups excluding carboxylic acids is 2. The molecule has 0 aliphatic carbocycles. The number of ether oxygens (including phenoxy) is 1. The standard InChI is InChI=1S/C21H33N3O4/c1-3-8-18(19(25)22-4-2)20(26)23-21(27,17-9-6-5-7-10-17)11-12-24-13-15-28-16-14-24/h5-7,9-10,18,27H,3-4,8,11-16H2,1-2H3,(H,22,25)(H,23,26)/t18-,21-/m0/s1. The SMILES string of the molecule is CCC[C@@H](C(=O)NCC)C(=O)N[C@](O)(CCN1CCOCC1)c1ccccc1. The molecule has 7 nitrogen and oxygen atoms in total. The predicted molar refractivity (Wildman–Crippen MR) is 107 cm³/mol. The van der Waals surface area contributed by atoms with Crippen molar-refractivity contribution in [1.82, 2.24) is 15.5 Å². The first-order chi connectivity index (χ1) is 13.5. The number of morpholine rings is 1. The Kier molecular flexibility index (Phi) is 8.89. The van der Waals surface area contributed by atoms with E-state index in [-0.39, 0.29) is 5.91 Å². The van der Waals surface area contributed by atoms with E-state index in [0.717, 1.165) is 13.1 Å². The summed E-state index contributed by atoms with van der Waals surface area (Å²) in [4.78, 5) is 27.5. The van der Waals surface area contributed by atoms with Gasteiger partial charge in [0.15, 0.2) is 5.72 Å². The van der Waals surface area contributed by atoms with Gasteiger partial charge >= 0.3 is 0 Å². The van der Waals surface area contributed by atoms with Gasteiger partial charge in [-0.1, -0.05) is 43.7 Å². The van der Waals surface area contributed by atoms with Crippen LogP contribution in [0.4, 0.5) is 0 Å². The highest BCUT2D eigenvalue weighted by Crippen LogP contribution is 2.24. The van der Waals surface area contributed by atoms with Crippen molar-refractivity contribution in [3.05, 3.63) is 35.9 Å². The molecule has 2 atom stereocenters. The lowest BCUT2D eigenvalue weighted by molar-refractivity contribution is -0.141. The largest absolute Gasteiger partial charge is 0.379 e. The smallest absolute Gasteiger partial charge is 0.235 e. The first-order valence-electron chi connectivity index (χ1n) is 10.2. The summed E-state index contributed by atoms with van der Waals surface area (Å²) in [7, 11) is 0. The lowest BCUT2D eigenvalue weighted by Gasteiger charge is -2.34. The summed E-state index contributed by atoms with van der Waals surface area (Å²) >= 11 is 0. The number of benzene rings is 1. The molecule has 0 saturated carbocycles. The van der Waals surface area contributed by atoms with Crippen molar-refractivity contribution in [3.8, 4) is 0 Å². The van der Waals surface area contributed by atoms with E-state index in [1.165, 1.54) is 0 Å². The summed E-state index contributed by atoms with van der Waals surface area (Å²) < 4.78 is 5.37. The summed E-state index contributed by atoms with van der Waals surface area (Å²) in [5, 5.41) is 16.9. The lowest BCUT2D eigenvalue weighted by atomic mass is 9.95. The number of rotatable bonds is 10. The second-order valence-electron chi connectivity index (χ2n) is 7.16. The van der Waals surface area contributed by atoms with Gasteiger partial charge in [-0.05, 0) is 13.3 Å².